The minimum atomic E-state index is 0.975. The van der Waals surface area contributed by atoms with Crippen LogP contribution in [0.1, 0.15) is 124 Å². The minimum Gasteiger partial charge on any atom is -0.0654 e. The molecule has 0 aromatic carbocycles. The van der Waals surface area contributed by atoms with Crippen molar-refractivity contribution in [3.8, 4) is 0 Å². The maximum absolute atomic E-state index is 2.48. The van der Waals surface area contributed by atoms with E-state index in [1.54, 1.807) is 0 Å². The largest absolute Gasteiger partial charge is 0.0654 e. The van der Waals surface area contributed by atoms with E-state index in [-0.39, 0.29) is 0 Å². The smallest absolute Gasteiger partial charge is 0.0386 e. The Morgan fingerprint density at radius 3 is 1.68 bits per heavy atom. The van der Waals surface area contributed by atoms with Gasteiger partial charge in [0.15, 0.2) is 0 Å². The molecule has 0 heterocycles. The highest BCUT2D eigenvalue weighted by Crippen LogP contribution is 2.41. The summed E-state index contributed by atoms with van der Waals surface area (Å²) in [7, 11) is 0. The maximum Gasteiger partial charge on any atom is -0.0386 e. The molecule has 0 amide bonds. The summed E-state index contributed by atoms with van der Waals surface area (Å²) in [5.41, 5.74) is 0. The fraction of sp³-hybridized carbons (Fsp3) is 1.00. The average Bonchev–Trinajstić information content (AvgIpc) is 3.21. The fourth-order valence-corrected chi connectivity index (χ4v) is 3.83. The molecular formula is C22H44. The SMILES string of the molecule is CCCCCCCCCC(C)CCCCCCCC1CC1C. The Bertz CT molecular complexity index is 232. The van der Waals surface area contributed by atoms with Crippen molar-refractivity contribution in [2.24, 2.45) is 17.8 Å². The van der Waals surface area contributed by atoms with E-state index in [2.05, 4.69) is 20.8 Å². The van der Waals surface area contributed by atoms with Gasteiger partial charge in [0.05, 0.1) is 0 Å². The second-order valence-electron chi connectivity index (χ2n) is 8.33. The number of rotatable bonds is 16. The van der Waals surface area contributed by atoms with E-state index in [1.807, 2.05) is 0 Å². The average molecular weight is 309 g/mol. The summed E-state index contributed by atoms with van der Waals surface area (Å²) in [6.45, 7) is 7.19. The summed E-state index contributed by atoms with van der Waals surface area (Å²) in [4.78, 5) is 0. The van der Waals surface area contributed by atoms with E-state index in [0.29, 0.717) is 0 Å². The van der Waals surface area contributed by atoms with E-state index in [1.165, 1.54) is 103 Å². The maximum atomic E-state index is 2.48. The molecule has 0 spiro atoms. The van der Waals surface area contributed by atoms with E-state index in [4.69, 9.17) is 0 Å². The first-order valence-electron chi connectivity index (χ1n) is 10.7. The van der Waals surface area contributed by atoms with Gasteiger partial charge in [-0.3, -0.25) is 0 Å². The van der Waals surface area contributed by atoms with Crippen LogP contribution in [-0.4, -0.2) is 0 Å². The minimum absolute atomic E-state index is 0.975. The zero-order valence-electron chi connectivity index (χ0n) is 16.0. The lowest BCUT2D eigenvalue weighted by molar-refractivity contribution is 0.430. The van der Waals surface area contributed by atoms with Crippen molar-refractivity contribution >= 4 is 0 Å². The van der Waals surface area contributed by atoms with Crippen LogP contribution < -0.4 is 0 Å². The molecule has 0 nitrogen and oxygen atoms in total. The topological polar surface area (TPSA) is 0 Å². The van der Waals surface area contributed by atoms with Crippen LogP contribution in [0.15, 0.2) is 0 Å². The van der Waals surface area contributed by atoms with Gasteiger partial charge in [0, 0.05) is 0 Å². The molecule has 0 bridgehead atoms. The highest BCUT2D eigenvalue weighted by molar-refractivity contribution is 4.81. The van der Waals surface area contributed by atoms with Gasteiger partial charge in [-0.15, -0.1) is 0 Å². The predicted molar refractivity (Wildman–Crippen MR) is 101 cm³/mol. The fourth-order valence-electron chi connectivity index (χ4n) is 3.83. The molecule has 0 aliphatic heterocycles. The summed E-state index contributed by atoms with van der Waals surface area (Å²) in [5.74, 6) is 3.15. The van der Waals surface area contributed by atoms with E-state index in [9.17, 15) is 0 Å². The highest BCUT2D eigenvalue weighted by Gasteiger charge is 2.31. The zero-order valence-corrected chi connectivity index (χ0v) is 16.0. The Morgan fingerprint density at radius 2 is 1.18 bits per heavy atom. The molecule has 0 aromatic heterocycles. The van der Waals surface area contributed by atoms with Crippen LogP contribution in [0.25, 0.3) is 0 Å². The summed E-state index contributed by atoms with van der Waals surface area (Å²) in [5, 5.41) is 0. The molecule has 132 valence electrons. The zero-order chi connectivity index (χ0) is 16.0. The summed E-state index contributed by atoms with van der Waals surface area (Å²) in [6.07, 6.45) is 23.7. The Morgan fingerprint density at radius 1 is 0.727 bits per heavy atom. The number of unbranched alkanes of at least 4 members (excludes halogenated alkanes) is 10. The standard InChI is InChI=1S/C22H44/c1-4-5-6-7-8-10-13-16-20(2)17-14-11-9-12-15-18-22-19-21(22)3/h20-22H,4-19H2,1-3H3. The molecule has 1 aliphatic carbocycles. The van der Waals surface area contributed by atoms with Gasteiger partial charge in [0.25, 0.3) is 0 Å². The Hall–Kier alpha value is 0. The van der Waals surface area contributed by atoms with E-state index >= 15 is 0 Å². The van der Waals surface area contributed by atoms with Crippen molar-refractivity contribution < 1.29 is 0 Å². The van der Waals surface area contributed by atoms with Crippen LogP contribution in [-0.2, 0) is 0 Å². The molecule has 1 saturated carbocycles. The lowest BCUT2D eigenvalue weighted by Crippen LogP contribution is -1.95. The van der Waals surface area contributed by atoms with E-state index < -0.39 is 0 Å². The van der Waals surface area contributed by atoms with Gasteiger partial charge in [0.2, 0.25) is 0 Å². The Kier molecular flexibility index (Phi) is 12.2. The van der Waals surface area contributed by atoms with Crippen LogP contribution in [0.3, 0.4) is 0 Å². The van der Waals surface area contributed by atoms with Gasteiger partial charge < -0.3 is 0 Å². The van der Waals surface area contributed by atoms with Crippen LogP contribution >= 0.6 is 0 Å². The third-order valence-corrected chi connectivity index (χ3v) is 5.85. The molecule has 0 N–H and O–H groups in total. The molecule has 3 unspecified atom stereocenters. The van der Waals surface area contributed by atoms with Crippen molar-refractivity contribution in [2.45, 2.75) is 124 Å². The molecule has 1 aliphatic rings. The lowest BCUT2D eigenvalue weighted by Gasteiger charge is -2.11. The van der Waals surface area contributed by atoms with Gasteiger partial charge in [-0.1, -0.05) is 117 Å². The molecular weight excluding hydrogens is 264 g/mol. The molecule has 0 radical (unpaired) electrons. The monoisotopic (exact) mass is 308 g/mol. The van der Waals surface area contributed by atoms with Crippen LogP contribution in [0.5, 0.6) is 0 Å². The molecule has 0 saturated heterocycles. The van der Waals surface area contributed by atoms with Gasteiger partial charge >= 0.3 is 0 Å². The second kappa shape index (κ2) is 13.4. The molecule has 3 atom stereocenters. The first-order valence-corrected chi connectivity index (χ1v) is 10.7. The van der Waals surface area contributed by atoms with Gasteiger partial charge in [-0.05, 0) is 24.2 Å². The number of hydrogen-bond donors (Lipinski definition) is 0. The first-order chi connectivity index (χ1) is 10.7. The van der Waals surface area contributed by atoms with Crippen molar-refractivity contribution in [2.75, 3.05) is 0 Å². The van der Waals surface area contributed by atoms with Gasteiger partial charge in [-0.2, -0.15) is 0 Å². The van der Waals surface area contributed by atoms with Crippen LogP contribution in [0.4, 0.5) is 0 Å². The second-order valence-corrected chi connectivity index (χ2v) is 8.33. The summed E-state index contributed by atoms with van der Waals surface area (Å²) in [6, 6.07) is 0. The highest BCUT2D eigenvalue weighted by atomic mass is 14.4. The van der Waals surface area contributed by atoms with Crippen molar-refractivity contribution in [3.05, 3.63) is 0 Å². The first kappa shape index (κ1) is 20.0. The van der Waals surface area contributed by atoms with Gasteiger partial charge in [-0.25, -0.2) is 0 Å². The summed E-state index contributed by atoms with van der Waals surface area (Å²) >= 11 is 0. The Balaban J connectivity index is 1.72. The predicted octanol–water partition coefficient (Wildman–Crippen LogP) is 8.15. The molecule has 22 heavy (non-hydrogen) atoms. The summed E-state index contributed by atoms with van der Waals surface area (Å²) < 4.78 is 0. The van der Waals surface area contributed by atoms with Crippen LogP contribution in [0, 0.1) is 17.8 Å². The third-order valence-electron chi connectivity index (χ3n) is 5.85. The van der Waals surface area contributed by atoms with Crippen molar-refractivity contribution in [3.63, 3.8) is 0 Å². The molecule has 0 aromatic rings. The molecule has 1 rings (SSSR count). The number of hydrogen-bond acceptors (Lipinski definition) is 0. The van der Waals surface area contributed by atoms with Crippen LogP contribution in [0.2, 0.25) is 0 Å². The normalized spacial score (nSPS) is 22.0. The van der Waals surface area contributed by atoms with Crippen molar-refractivity contribution in [1.82, 2.24) is 0 Å². The molecule has 0 heteroatoms. The van der Waals surface area contributed by atoms with Crippen molar-refractivity contribution in [1.29, 1.82) is 0 Å². The Labute approximate surface area is 141 Å². The quantitative estimate of drug-likeness (QED) is 0.252. The third kappa shape index (κ3) is 11.6. The molecule has 1 fully saturated rings. The van der Waals surface area contributed by atoms with Gasteiger partial charge in [0.1, 0.15) is 0 Å². The lowest BCUT2D eigenvalue weighted by atomic mass is 9.96. The van der Waals surface area contributed by atoms with E-state index in [0.717, 1.165) is 17.8 Å².